The maximum absolute atomic E-state index is 12.6. The van der Waals surface area contributed by atoms with Gasteiger partial charge in [0.05, 0.1) is 15.2 Å². The van der Waals surface area contributed by atoms with Crippen LogP contribution >= 0.6 is 11.3 Å². The second kappa shape index (κ2) is 6.08. The SMILES string of the molecule is O=C(c1ccncc1)N1CCC[C@@H](c2nc3ccccc3s2)C1. The van der Waals surface area contributed by atoms with Crippen LogP contribution in [0.4, 0.5) is 0 Å². The van der Waals surface area contributed by atoms with Crippen LogP contribution in [0.5, 0.6) is 0 Å². The molecular weight excluding hydrogens is 306 g/mol. The summed E-state index contributed by atoms with van der Waals surface area (Å²) in [6.45, 7) is 1.57. The van der Waals surface area contributed by atoms with E-state index < -0.39 is 0 Å². The fourth-order valence-electron chi connectivity index (χ4n) is 3.10. The highest BCUT2D eigenvalue weighted by molar-refractivity contribution is 7.18. The summed E-state index contributed by atoms with van der Waals surface area (Å²) in [5.74, 6) is 0.435. The summed E-state index contributed by atoms with van der Waals surface area (Å²) in [7, 11) is 0. The number of pyridine rings is 1. The van der Waals surface area contributed by atoms with E-state index in [9.17, 15) is 4.79 Å². The number of benzene rings is 1. The van der Waals surface area contributed by atoms with Gasteiger partial charge >= 0.3 is 0 Å². The Bertz CT molecular complexity index is 797. The minimum Gasteiger partial charge on any atom is -0.338 e. The first-order valence-corrected chi connectivity index (χ1v) is 8.68. The van der Waals surface area contributed by atoms with Gasteiger partial charge in [-0.1, -0.05) is 12.1 Å². The molecule has 0 aliphatic carbocycles. The van der Waals surface area contributed by atoms with Crippen LogP contribution in [0.25, 0.3) is 10.2 Å². The Balaban J connectivity index is 1.56. The summed E-state index contributed by atoms with van der Waals surface area (Å²) < 4.78 is 1.22. The summed E-state index contributed by atoms with van der Waals surface area (Å²) >= 11 is 1.75. The highest BCUT2D eigenvalue weighted by Crippen LogP contribution is 2.33. The van der Waals surface area contributed by atoms with E-state index in [1.165, 1.54) is 4.70 Å². The third-order valence-corrected chi connectivity index (χ3v) is 5.49. The number of fused-ring (bicyclic) bond motifs is 1. The number of nitrogens with zero attached hydrogens (tertiary/aromatic N) is 3. The Kier molecular flexibility index (Phi) is 3.79. The highest BCUT2D eigenvalue weighted by atomic mass is 32.1. The molecule has 1 amide bonds. The van der Waals surface area contributed by atoms with Gasteiger partial charge in [0.2, 0.25) is 0 Å². The number of aromatic nitrogens is 2. The van der Waals surface area contributed by atoms with Crippen molar-refractivity contribution in [1.82, 2.24) is 14.9 Å². The van der Waals surface area contributed by atoms with Crippen molar-refractivity contribution >= 4 is 27.5 Å². The minimum absolute atomic E-state index is 0.0956. The molecule has 3 heterocycles. The van der Waals surface area contributed by atoms with Crippen molar-refractivity contribution in [3.05, 3.63) is 59.4 Å². The lowest BCUT2D eigenvalue weighted by Crippen LogP contribution is -2.39. The molecule has 1 aliphatic heterocycles. The van der Waals surface area contributed by atoms with Crippen molar-refractivity contribution in [3.63, 3.8) is 0 Å². The molecule has 23 heavy (non-hydrogen) atoms. The fourth-order valence-corrected chi connectivity index (χ4v) is 4.20. The largest absolute Gasteiger partial charge is 0.338 e. The number of piperidine rings is 1. The average Bonchev–Trinajstić information content (AvgIpc) is 3.06. The number of rotatable bonds is 2. The normalized spacial score (nSPS) is 18.3. The minimum atomic E-state index is 0.0956. The average molecular weight is 323 g/mol. The third-order valence-electron chi connectivity index (χ3n) is 4.30. The van der Waals surface area contributed by atoms with Gasteiger partial charge in [-0.05, 0) is 37.1 Å². The predicted molar refractivity (Wildman–Crippen MR) is 91.7 cm³/mol. The molecule has 3 aromatic rings. The molecule has 0 saturated carbocycles. The van der Waals surface area contributed by atoms with Crippen LogP contribution in [0.2, 0.25) is 0 Å². The topological polar surface area (TPSA) is 46.1 Å². The van der Waals surface area contributed by atoms with E-state index >= 15 is 0 Å². The molecule has 0 radical (unpaired) electrons. The lowest BCUT2D eigenvalue weighted by Gasteiger charge is -2.31. The van der Waals surface area contributed by atoms with Gasteiger partial charge in [0.15, 0.2) is 0 Å². The molecule has 1 aromatic carbocycles. The molecule has 1 saturated heterocycles. The van der Waals surface area contributed by atoms with Crippen LogP contribution in [0, 0.1) is 0 Å². The molecule has 1 atom stereocenters. The van der Waals surface area contributed by atoms with E-state index in [2.05, 4.69) is 17.1 Å². The van der Waals surface area contributed by atoms with Crippen molar-refractivity contribution in [3.8, 4) is 0 Å². The van der Waals surface area contributed by atoms with E-state index in [-0.39, 0.29) is 5.91 Å². The Morgan fingerprint density at radius 2 is 2.00 bits per heavy atom. The van der Waals surface area contributed by atoms with E-state index in [0.717, 1.165) is 36.5 Å². The van der Waals surface area contributed by atoms with Crippen LogP contribution in [0.15, 0.2) is 48.8 Å². The first kappa shape index (κ1) is 14.3. The molecule has 4 rings (SSSR count). The molecule has 0 N–H and O–H groups in total. The van der Waals surface area contributed by atoms with Crippen LogP contribution in [0.3, 0.4) is 0 Å². The number of hydrogen-bond donors (Lipinski definition) is 0. The predicted octanol–water partition coefficient (Wildman–Crippen LogP) is 3.71. The second-order valence-electron chi connectivity index (χ2n) is 5.85. The van der Waals surface area contributed by atoms with Gasteiger partial charge in [-0.3, -0.25) is 9.78 Å². The van der Waals surface area contributed by atoms with Gasteiger partial charge in [-0.15, -0.1) is 11.3 Å². The zero-order valence-corrected chi connectivity index (χ0v) is 13.5. The molecule has 4 nitrogen and oxygen atoms in total. The number of carbonyl (C=O) groups is 1. The van der Waals surface area contributed by atoms with Gasteiger partial charge in [0.1, 0.15) is 0 Å². The van der Waals surface area contributed by atoms with Crippen molar-refractivity contribution in [2.24, 2.45) is 0 Å². The molecule has 2 aromatic heterocycles. The van der Waals surface area contributed by atoms with Gasteiger partial charge in [0.25, 0.3) is 5.91 Å². The highest BCUT2D eigenvalue weighted by Gasteiger charge is 2.27. The van der Waals surface area contributed by atoms with Gasteiger partial charge in [-0.2, -0.15) is 0 Å². The van der Waals surface area contributed by atoms with Crippen LogP contribution in [0.1, 0.15) is 34.1 Å². The number of thiazole rings is 1. The standard InChI is InChI=1S/C18H17N3OS/c22-18(13-7-9-19-10-8-13)21-11-3-4-14(12-21)17-20-15-5-1-2-6-16(15)23-17/h1-2,5-10,14H,3-4,11-12H2/t14-/m1/s1. The smallest absolute Gasteiger partial charge is 0.253 e. The third kappa shape index (κ3) is 2.84. The lowest BCUT2D eigenvalue weighted by molar-refractivity contribution is 0.0707. The molecular formula is C18H17N3OS. The number of hydrogen-bond acceptors (Lipinski definition) is 4. The van der Waals surface area contributed by atoms with Crippen LogP contribution in [-0.2, 0) is 0 Å². The van der Waals surface area contributed by atoms with Crippen molar-refractivity contribution in [2.45, 2.75) is 18.8 Å². The van der Waals surface area contributed by atoms with E-state index in [4.69, 9.17) is 4.98 Å². The molecule has 116 valence electrons. The molecule has 0 bridgehead atoms. The Hall–Kier alpha value is -2.27. The Morgan fingerprint density at radius 3 is 2.83 bits per heavy atom. The molecule has 1 fully saturated rings. The zero-order valence-electron chi connectivity index (χ0n) is 12.7. The quantitative estimate of drug-likeness (QED) is 0.722. The van der Waals surface area contributed by atoms with E-state index in [1.54, 1.807) is 35.9 Å². The van der Waals surface area contributed by atoms with E-state index in [1.807, 2.05) is 17.0 Å². The summed E-state index contributed by atoms with van der Waals surface area (Å²) in [4.78, 5) is 23.3. The summed E-state index contributed by atoms with van der Waals surface area (Å²) in [5, 5.41) is 1.15. The first-order valence-electron chi connectivity index (χ1n) is 7.86. The second-order valence-corrected chi connectivity index (χ2v) is 6.91. The Labute approximate surface area is 138 Å². The van der Waals surface area contributed by atoms with Gasteiger partial charge < -0.3 is 4.90 Å². The van der Waals surface area contributed by atoms with Gasteiger partial charge in [-0.25, -0.2) is 4.98 Å². The zero-order chi connectivity index (χ0) is 15.6. The van der Waals surface area contributed by atoms with Crippen molar-refractivity contribution in [1.29, 1.82) is 0 Å². The molecule has 5 heteroatoms. The summed E-state index contributed by atoms with van der Waals surface area (Å²) in [5.41, 5.74) is 1.77. The van der Waals surface area contributed by atoms with E-state index in [0.29, 0.717) is 11.5 Å². The van der Waals surface area contributed by atoms with Gasteiger partial charge in [0, 0.05) is 37.0 Å². The number of likely N-dealkylation sites (tertiary alicyclic amines) is 1. The monoisotopic (exact) mass is 323 g/mol. The molecule has 0 spiro atoms. The summed E-state index contributed by atoms with van der Waals surface area (Å²) in [6.07, 6.45) is 5.46. The lowest BCUT2D eigenvalue weighted by atomic mass is 9.98. The molecule has 0 unspecified atom stereocenters. The fraction of sp³-hybridized carbons (Fsp3) is 0.278. The number of amides is 1. The maximum Gasteiger partial charge on any atom is 0.253 e. The number of para-hydroxylation sites is 1. The first-order chi connectivity index (χ1) is 11.3. The summed E-state index contributed by atoms with van der Waals surface area (Å²) in [6, 6.07) is 11.8. The molecule has 1 aliphatic rings. The Morgan fingerprint density at radius 1 is 1.17 bits per heavy atom. The maximum atomic E-state index is 12.6. The number of carbonyl (C=O) groups excluding carboxylic acids is 1. The van der Waals surface area contributed by atoms with Crippen LogP contribution < -0.4 is 0 Å². The van der Waals surface area contributed by atoms with Crippen LogP contribution in [-0.4, -0.2) is 33.9 Å². The van der Waals surface area contributed by atoms with Crippen molar-refractivity contribution in [2.75, 3.05) is 13.1 Å². The van der Waals surface area contributed by atoms with Crippen molar-refractivity contribution < 1.29 is 4.79 Å².